The molecule has 0 bridgehead atoms. The van der Waals surface area contributed by atoms with E-state index in [1.807, 2.05) is 31.2 Å². The summed E-state index contributed by atoms with van der Waals surface area (Å²) in [6.45, 7) is 3.65. The summed E-state index contributed by atoms with van der Waals surface area (Å²) in [5.74, 6) is 2.40. The molecule has 0 aliphatic carbocycles. The van der Waals surface area contributed by atoms with Gasteiger partial charge in [0.25, 0.3) is 0 Å². The molecule has 0 saturated heterocycles. The number of nitrogens with zero attached hydrogens (tertiary/aromatic N) is 3. The van der Waals surface area contributed by atoms with Crippen molar-refractivity contribution in [1.82, 2.24) is 15.0 Å². The van der Waals surface area contributed by atoms with Crippen LogP contribution in [-0.2, 0) is 18.5 Å². The molecule has 1 aliphatic heterocycles. The number of alkyl halides is 1. The first-order valence-electron chi connectivity index (χ1n) is 10.9. The normalized spacial score (nSPS) is 14.8. The highest BCUT2D eigenvalue weighted by Crippen LogP contribution is 2.28. The Morgan fingerprint density at radius 2 is 1.90 bits per heavy atom. The number of aryl methyl sites for hydroxylation is 1. The SMILES string of the molecule is CCC(F)(CNc1cccc(NCCc2ccc3c(n2)NCCC3)n1)c1ccccn1. The van der Waals surface area contributed by atoms with Gasteiger partial charge in [0.1, 0.15) is 17.5 Å². The third kappa shape index (κ3) is 5.29. The number of nitrogens with one attached hydrogen (secondary N) is 3. The minimum atomic E-state index is -1.54. The number of hydrogen-bond donors (Lipinski definition) is 3. The molecule has 4 rings (SSSR count). The van der Waals surface area contributed by atoms with Crippen LogP contribution >= 0.6 is 0 Å². The summed E-state index contributed by atoms with van der Waals surface area (Å²) in [5, 5.41) is 9.84. The molecule has 4 heterocycles. The number of halogens is 1. The second-order valence-electron chi connectivity index (χ2n) is 7.81. The molecule has 31 heavy (non-hydrogen) atoms. The fourth-order valence-electron chi connectivity index (χ4n) is 3.71. The average molecular weight is 421 g/mol. The van der Waals surface area contributed by atoms with Crippen molar-refractivity contribution in [2.45, 2.75) is 38.3 Å². The topological polar surface area (TPSA) is 74.8 Å². The largest absolute Gasteiger partial charge is 0.370 e. The van der Waals surface area contributed by atoms with E-state index in [9.17, 15) is 0 Å². The highest BCUT2D eigenvalue weighted by Gasteiger charge is 2.31. The Balaban J connectivity index is 1.32. The standard InChI is InChI=1S/C24H29FN6/c1-2-24(25,20-8-3-4-14-26-20)17-29-22-10-5-9-21(31-22)27-16-13-19-12-11-18-7-6-15-28-23(18)30-19/h3-5,8-12,14H,2,6-7,13,15-17H2,1H3,(H,28,30)(H2,27,29,31). The fourth-order valence-corrected chi connectivity index (χ4v) is 3.71. The van der Waals surface area contributed by atoms with Crippen molar-refractivity contribution >= 4 is 17.5 Å². The van der Waals surface area contributed by atoms with E-state index in [-0.39, 0.29) is 6.54 Å². The maximum atomic E-state index is 15.4. The van der Waals surface area contributed by atoms with Gasteiger partial charge in [0.2, 0.25) is 0 Å². The Morgan fingerprint density at radius 3 is 2.71 bits per heavy atom. The molecule has 162 valence electrons. The maximum Gasteiger partial charge on any atom is 0.169 e. The molecular formula is C24H29FN6. The highest BCUT2D eigenvalue weighted by atomic mass is 19.1. The summed E-state index contributed by atoms with van der Waals surface area (Å²) in [4.78, 5) is 13.5. The zero-order chi connectivity index (χ0) is 21.5. The molecule has 1 unspecified atom stereocenters. The maximum absolute atomic E-state index is 15.4. The van der Waals surface area contributed by atoms with Crippen LogP contribution in [0, 0.1) is 0 Å². The molecule has 1 aliphatic rings. The molecule has 7 heteroatoms. The van der Waals surface area contributed by atoms with Crippen molar-refractivity contribution in [2.24, 2.45) is 0 Å². The van der Waals surface area contributed by atoms with Crippen molar-refractivity contribution in [3.05, 3.63) is 71.7 Å². The summed E-state index contributed by atoms with van der Waals surface area (Å²) < 4.78 is 15.4. The Bertz CT molecular complexity index is 996. The molecule has 1 atom stereocenters. The first-order valence-corrected chi connectivity index (χ1v) is 10.9. The van der Waals surface area contributed by atoms with E-state index in [0.717, 1.165) is 49.7 Å². The van der Waals surface area contributed by atoms with Gasteiger partial charge in [0.05, 0.1) is 12.2 Å². The predicted octanol–water partition coefficient (Wildman–Crippen LogP) is 4.57. The van der Waals surface area contributed by atoms with Gasteiger partial charge >= 0.3 is 0 Å². The molecule has 3 aromatic rings. The van der Waals surface area contributed by atoms with Crippen LogP contribution in [-0.4, -0.2) is 34.6 Å². The number of anilines is 3. The van der Waals surface area contributed by atoms with Crippen LogP contribution in [0.25, 0.3) is 0 Å². The van der Waals surface area contributed by atoms with Crippen molar-refractivity contribution in [3.8, 4) is 0 Å². The minimum Gasteiger partial charge on any atom is -0.370 e. The number of rotatable bonds is 9. The van der Waals surface area contributed by atoms with Crippen molar-refractivity contribution in [2.75, 3.05) is 35.6 Å². The lowest BCUT2D eigenvalue weighted by molar-refractivity contribution is 0.169. The Labute approximate surface area is 182 Å². The number of pyridine rings is 3. The summed E-state index contributed by atoms with van der Waals surface area (Å²) >= 11 is 0. The smallest absolute Gasteiger partial charge is 0.169 e. The molecule has 0 fully saturated rings. The Morgan fingerprint density at radius 1 is 1.03 bits per heavy atom. The highest BCUT2D eigenvalue weighted by molar-refractivity contribution is 5.48. The molecule has 0 saturated carbocycles. The van der Waals surface area contributed by atoms with E-state index in [0.29, 0.717) is 17.9 Å². The summed E-state index contributed by atoms with van der Waals surface area (Å²) in [6, 6.07) is 15.3. The molecule has 0 amide bonds. The van der Waals surface area contributed by atoms with Gasteiger partial charge in [-0.25, -0.2) is 14.4 Å². The van der Waals surface area contributed by atoms with Gasteiger partial charge in [0.15, 0.2) is 5.67 Å². The second-order valence-corrected chi connectivity index (χ2v) is 7.81. The molecule has 6 nitrogen and oxygen atoms in total. The van der Waals surface area contributed by atoms with E-state index in [4.69, 9.17) is 4.98 Å². The lowest BCUT2D eigenvalue weighted by Gasteiger charge is -2.24. The van der Waals surface area contributed by atoms with Gasteiger partial charge in [-0.1, -0.05) is 25.1 Å². The zero-order valence-corrected chi connectivity index (χ0v) is 17.9. The average Bonchev–Trinajstić information content (AvgIpc) is 2.83. The molecule has 0 radical (unpaired) electrons. The van der Waals surface area contributed by atoms with Crippen LogP contribution < -0.4 is 16.0 Å². The zero-order valence-electron chi connectivity index (χ0n) is 17.9. The van der Waals surface area contributed by atoms with Crippen LogP contribution in [0.2, 0.25) is 0 Å². The number of fused-ring (bicyclic) bond motifs is 1. The van der Waals surface area contributed by atoms with E-state index in [1.165, 1.54) is 5.56 Å². The number of aromatic nitrogens is 3. The lowest BCUT2D eigenvalue weighted by Crippen LogP contribution is -2.30. The molecule has 0 aromatic carbocycles. The third-order valence-electron chi connectivity index (χ3n) is 5.62. The van der Waals surface area contributed by atoms with Crippen LogP contribution in [0.5, 0.6) is 0 Å². The van der Waals surface area contributed by atoms with Gasteiger partial charge in [0, 0.05) is 31.4 Å². The Kier molecular flexibility index (Phi) is 6.60. The van der Waals surface area contributed by atoms with Gasteiger partial charge < -0.3 is 16.0 Å². The minimum absolute atomic E-state index is 0.114. The van der Waals surface area contributed by atoms with E-state index in [2.05, 4.69) is 38.1 Å². The first kappa shape index (κ1) is 21.0. The van der Waals surface area contributed by atoms with E-state index >= 15 is 4.39 Å². The number of hydrogen-bond acceptors (Lipinski definition) is 6. The molecule has 0 spiro atoms. The summed E-state index contributed by atoms with van der Waals surface area (Å²) in [6.07, 6.45) is 5.01. The quantitative estimate of drug-likeness (QED) is 0.471. The van der Waals surface area contributed by atoms with Gasteiger partial charge in [-0.05, 0) is 55.2 Å². The first-order chi connectivity index (χ1) is 15.2. The van der Waals surface area contributed by atoms with Crippen molar-refractivity contribution < 1.29 is 4.39 Å². The van der Waals surface area contributed by atoms with Crippen molar-refractivity contribution in [3.63, 3.8) is 0 Å². The molecule has 3 aromatic heterocycles. The van der Waals surface area contributed by atoms with Crippen LogP contribution in [0.3, 0.4) is 0 Å². The van der Waals surface area contributed by atoms with Gasteiger partial charge in [-0.3, -0.25) is 4.98 Å². The predicted molar refractivity (Wildman–Crippen MR) is 123 cm³/mol. The van der Waals surface area contributed by atoms with Crippen LogP contribution in [0.15, 0.2) is 54.7 Å². The van der Waals surface area contributed by atoms with Crippen LogP contribution in [0.1, 0.15) is 36.7 Å². The molecule has 3 N–H and O–H groups in total. The summed E-state index contributed by atoms with van der Waals surface area (Å²) in [7, 11) is 0. The monoisotopic (exact) mass is 420 g/mol. The van der Waals surface area contributed by atoms with Gasteiger partial charge in [-0.15, -0.1) is 0 Å². The fraction of sp³-hybridized carbons (Fsp3) is 0.375. The lowest BCUT2D eigenvalue weighted by atomic mass is 9.98. The third-order valence-corrected chi connectivity index (χ3v) is 5.62. The van der Waals surface area contributed by atoms with Gasteiger partial charge in [-0.2, -0.15) is 0 Å². The van der Waals surface area contributed by atoms with Crippen LogP contribution in [0.4, 0.5) is 21.8 Å². The summed E-state index contributed by atoms with van der Waals surface area (Å²) in [5.41, 5.74) is 1.24. The molecular weight excluding hydrogens is 391 g/mol. The van der Waals surface area contributed by atoms with E-state index < -0.39 is 5.67 Å². The second kappa shape index (κ2) is 9.73. The van der Waals surface area contributed by atoms with E-state index in [1.54, 1.807) is 18.3 Å². The Hall–Kier alpha value is -3.22. The van der Waals surface area contributed by atoms with Crippen molar-refractivity contribution in [1.29, 1.82) is 0 Å².